The van der Waals surface area contributed by atoms with Gasteiger partial charge in [0, 0.05) is 24.9 Å². The summed E-state index contributed by atoms with van der Waals surface area (Å²) >= 11 is 0. The minimum Gasteiger partial charge on any atom is -0.508 e. The SMILES string of the molecule is CC(C)c1cc(/C(=N/N)N(C)c2ccc3c(c2)OCO3)c(O)cc1O. The summed E-state index contributed by atoms with van der Waals surface area (Å²) in [5.41, 5.74) is 1.91. The Hall–Kier alpha value is -3.09. The quantitative estimate of drug-likeness (QED) is 0.343. The van der Waals surface area contributed by atoms with Crippen molar-refractivity contribution in [3.05, 3.63) is 41.5 Å². The minimum atomic E-state index is -0.0984. The molecule has 0 saturated heterocycles. The molecule has 0 amide bonds. The number of fused-ring (bicyclic) bond motifs is 1. The number of amidine groups is 1. The fourth-order valence-corrected chi connectivity index (χ4v) is 2.79. The zero-order valence-electron chi connectivity index (χ0n) is 14.4. The van der Waals surface area contributed by atoms with Gasteiger partial charge in [0.25, 0.3) is 0 Å². The highest BCUT2D eigenvalue weighted by atomic mass is 16.7. The Morgan fingerprint density at radius 3 is 2.52 bits per heavy atom. The van der Waals surface area contributed by atoms with E-state index in [9.17, 15) is 10.2 Å². The van der Waals surface area contributed by atoms with E-state index >= 15 is 0 Å². The summed E-state index contributed by atoms with van der Waals surface area (Å²) in [6.07, 6.45) is 0. The van der Waals surface area contributed by atoms with E-state index in [0.717, 1.165) is 5.69 Å². The Bertz CT molecular complexity index is 833. The molecule has 0 aliphatic carbocycles. The number of aromatic hydroxyl groups is 2. The molecule has 0 aromatic heterocycles. The predicted octanol–water partition coefficient (Wildman–Crippen LogP) is 2.71. The highest BCUT2D eigenvalue weighted by molar-refractivity contribution is 6.11. The van der Waals surface area contributed by atoms with Crippen LogP contribution in [0.15, 0.2) is 35.4 Å². The molecule has 4 N–H and O–H groups in total. The number of phenolic OH excluding ortho intramolecular Hbond substituents is 2. The van der Waals surface area contributed by atoms with Gasteiger partial charge in [-0.05, 0) is 29.7 Å². The first-order valence-corrected chi connectivity index (χ1v) is 7.90. The van der Waals surface area contributed by atoms with Gasteiger partial charge in [0.05, 0.1) is 5.56 Å². The van der Waals surface area contributed by atoms with Crippen LogP contribution in [0.1, 0.15) is 30.9 Å². The third kappa shape index (κ3) is 3.00. The average Bonchev–Trinajstić information content (AvgIpc) is 3.04. The molecule has 132 valence electrons. The average molecular weight is 343 g/mol. The van der Waals surface area contributed by atoms with Crippen molar-refractivity contribution in [2.75, 3.05) is 18.7 Å². The molecule has 7 heteroatoms. The van der Waals surface area contributed by atoms with Gasteiger partial charge < -0.3 is 30.4 Å². The van der Waals surface area contributed by atoms with E-state index in [4.69, 9.17) is 15.3 Å². The molecule has 3 rings (SSSR count). The van der Waals surface area contributed by atoms with Crippen LogP contribution in [0.25, 0.3) is 0 Å². The van der Waals surface area contributed by atoms with Crippen molar-refractivity contribution in [2.45, 2.75) is 19.8 Å². The maximum absolute atomic E-state index is 10.3. The van der Waals surface area contributed by atoms with Gasteiger partial charge in [0.15, 0.2) is 17.3 Å². The largest absolute Gasteiger partial charge is 0.508 e. The molecule has 25 heavy (non-hydrogen) atoms. The molecule has 0 atom stereocenters. The van der Waals surface area contributed by atoms with Crippen LogP contribution in [0.3, 0.4) is 0 Å². The topological polar surface area (TPSA) is 101 Å². The smallest absolute Gasteiger partial charge is 0.231 e. The van der Waals surface area contributed by atoms with E-state index in [0.29, 0.717) is 28.5 Å². The third-order valence-electron chi connectivity index (χ3n) is 4.19. The van der Waals surface area contributed by atoms with Crippen molar-refractivity contribution in [1.29, 1.82) is 0 Å². The molecule has 0 spiro atoms. The van der Waals surface area contributed by atoms with Gasteiger partial charge in [-0.2, -0.15) is 5.10 Å². The molecule has 2 aromatic carbocycles. The second-order valence-electron chi connectivity index (χ2n) is 6.13. The number of nitrogens with zero attached hydrogens (tertiary/aromatic N) is 2. The Labute approximate surface area is 145 Å². The van der Waals surface area contributed by atoms with Crippen molar-refractivity contribution in [3.8, 4) is 23.0 Å². The van der Waals surface area contributed by atoms with Crippen LogP contribution >= 0.6 is 0 Å². The standard InChI is InChI=1S/C18H21N3O4/c1-10(2)12-7-13(15(23)8-14(12)22)18(20-19)21(3)11-4-5-16-17(6-11)25-9-24-16/h4-8,10,22-23H,9,19H2,1-3H3/b20-18-. The molecule has 1 heterocycles. The highest BCUT2D eigenvalue weighted by Crippen LogP contribution is 2.37. The zero-order valence-corrected chi connectivity index (χ0v) is 14.4. The molecule has 0 unspecified atom stereocenters. The second kappa shape index (κ2) is 6.43. The first-order valence-electron chi connectivity index (χ1n) is 7.90. The Morgan fingerprint density at radius 1 is 1.12 bits per heavy atom. The van der Waals surface area contributed by atoms with E-state index in [-0.39, 0.29) is 24.2 Å². The molecule has 1 aliphatic heterocycles. The number of hydrogen-bond donors (Lipinski definition) is 3. The fraction of sp³-hybridized carbons (Fsp3) is 0.278. The lowest BCUT2D eigenvalue weighted by Crippen LogP contribution is -2.28. The first kappa shape index (κ1) is 16.8. The molecular formula is C18H21N3O4. The number of nitrogens with two attached hydrogens (primary N) is 1. The molecule has 0 bridgehead atoms. The Kier molecular flexibility index (Phi) is 4.31. The number of anilines is 1. The van der Waals surface area contributed by atoms with Crippen LogP contribution in [0.4, 0.5) is 5.69 Å². The molecule has 7 nitrogen and oxygen atoms in total. The lowest BCUT2D eigenvalue weighted by atomic mass is 9.98. The van der Waals surface area contributed by atoms with E-state index in [1.54, 1.807) is 24.1 Å². The summed E-state index contributed by atoms with van der Waals surface area (Å²) in [5, 5.41) is 24.2. The van der Waals surface area contributed by atoms with Gasteiger partial charge in [0.2, 0.25) is 6.79 Å². The molecule has 0 radical (unpaired) electrons. The van der Waals surface area contributed by atoms with Crippen molar-refractivity contribution in [2.24, 2.45) is 10.9 Å². The van der Waals surface area contributed by atoms with E-state index in [1.165, 1.54) is 6.07 Å². The Balaban J connectivity index is 2.01. The van der Waals surface area contributed by atoms with Crippen LogP contribution < -0.4 is 20.2 Å². The van der Waals surface area contributed by atoms with Gasteiger partial charge in [-0.1, -0.05) is 13.8 Å². The highest BCUT2D eigenvalue weighted by Gasteiger charge is 2.21. The monoisotopic (exact) mass is 343 g/mol. The number of benzene rings is 2. The van der Waals surface area contributed by atoms with Crippen molar-refractivity contribution < 1.29 is 19.7 Å². The van der Waals surface area contributed by atoms with Gasteiger partial charge >= 0.3 is 0 Å². The normalized spacial score (nSPS) is 13.4. The summed E-state index contributed by atoms with van der Waals surface area (Å²) in [7, 11) is 1.78. The predicted molar refractivity (Wildman–Crippen MR) is 95.6 cm³/mol. The number of phenols is 2. The summed E-state index contributed by atoms with van der Waals surface area (Å²) in [5.74, 6) is 7.30. The molecule has 1 aliphatic rings. The summed E-state index contributed by atoms with van der Waals surface area (Å²) in [6.45, 7) is 4.10. The maximum atomic E-state index is 10.3. The van der Waals surface area contributed by atoms with Crippen LogP contribution in [0.2, 0.25) is 0 Å². The number of hydrogen-bond acceptors (Lipinski definition) is 6. The van der Waals surface area contributed by atoms with Gasteiger partial charge in [-0.25, -0.2) is 0 Å². The van der Waals surface area contributed by atoms with E-state index in [2.05, 4.69) is 5.10 Å². The van der Waals surface area contributed by atoms with E-state index in [1.807, 2.05) is 26.0 Å². The summed E-state index contributed by atoms with van der Waals surface area (Å²) < 4.78 is 10.7. The summed E-state index contributed by atoms with van der Waals surface area (Å²) in [4.78, 5) is 1.73. The zero-order chi connectivity index (χ0) is 18.1. The van der Waals surface area contributed by atoms with Crippen molar-refractivity contribution >= 4 is 11.5 Å². The number of rotatable bonds is 3. The lowest BCUT2D eigenvalue weighted by molar-refractivity contribution is 0.174. The van der Waals surface area contributed by atoms with Gasteiger partial charge in [0.1, 0.15) is 11.5 Å². The lowest BCUT2D eigenvalue weighted by Gasteiger charge is -2.23. The van der Waals surface area contributed by atoms with Crippen molar-refractivity contribution in [1.82, 2.24) is 0 Å². The van der Waals surface area contributed by atoms with Crippen LogP contribution in [0, 0.1) is 0 Å². The molecule has 0 saturated carbocycles. The van der Waals surface area contributed by atoms with Crippen molar-refractivity contribution in [3.63, 3.8) is 0 Å². The van der Waals surface area contributed by atoms with E-state index < -0.39 is 0 Å². The van der Waals surface area contributed by atoms with Gasteiger partial charge in [-0.3, -0.25) is 0 Å². The number of ether oxygens (including phenoxy) is 2. The Morgan fingerprint density at radius 2 is 1.84 bits per heavy atom. The molecule has 0 fully saturated rings. The number of hydrazone groups is 1. The molecular weight excluding hydrogens is 322 g/mol. The van der Waals surface area contributed by atoms with Crippen LogP contribution in [-0.4, -0.2) is 29.9 Å². The first-order chi connectivity index (χ1) is 11.9. The van der Waals surface area contributed by atoms with Crippen LogP contribution in [-0.2, 0) is 0 Å². The summed E-state index contributed by atoms with van der Waals surface area (Å²) in [6, 6.07) is 8.47. The van der Waals surface area contributed by atoms with Gasteiger partial charge in [-0.15, -0.1) is 0 Å². The maximum Gasteiger partial charge on any atom is 0.231 e. The second-order valence-corrected chi connectivity index (χ2v) is 6.13. The molecule has 2 aromatic rings. The minimum absolute atomic E-state index is 0.0401. The van der Waals surface area contributed by atoms with Crippen LogP contribution in [0.5, 0.6) is 23.0 Å². The fourth-order valence-electron chi connectivity index (χ4n) is 2.79. The third-order valence-corrected chi connectivity index (χ3v) is 4.19.